The standard InChI is InChI=1S/C19H22O2/c1-13(2)17-6-5-7-18(12-17)21-15(4)19(20)16-10-8-14(3)9-11-16/h5-13,15H,1-4H3. The molecule has 0 N–H and O–H groups in total. The van der Waals surface area contributed by atoms with E-state index < -0.39 is 6.10 Å². The zero-order chi connectivity index (χ0) is 15.4. The predicted molar refractivity (Wildman–Crippen MR) is 86.1 cm³/mol. The highest BCUT2D eigenvalue weighted by atomic mass is 16.5. The van der Waals surface area contributed by atoms with Gasteiger partial charge in [-0.05, 0) is 37.5 Å². The van der Waals surface area contributed by atoms with Crippen LogP contribution in [0.15, 0.2) is 48.5 Å². The molecule has 21 heavy (non-hydrogen) atoms. The van der Waals surface area contributed by atoms with Crippen molar-refractivity contribution >= 4 is 5.78 Å². The molecule has 1 atom stereocenters. The Morgan fingerprint density at radius 1 is 1.00 bits per heavy atom. The van der Waals surface area contributed by atoms with E-state index in [1.54, 1.807) is 6.92 Å². The first kappa shape index (κ1) is 15.3. The molecule has 2 nitrogen and oxygen atoms in total. The summed E-state index contributed by atoms with van der Waals surface area (Å²) in [7, 11) is 0. The number of carbonyl (C=O) groups is 1. The number of aryl methyl sites for hydroxylation is 1. The molecule has 2 rings (SSSR count). The van der Waals surface area contributed by atoms with E-state index in [1.807, 2.05) is 49.4 Å². The molecule has 0 aliphatic rings. The van der Waals surface area contributed by atoms with Crippen molar-refractivity contribution in [2.24, 2.45) is 0 Å². The first-order valence-corrected chi connectivity index (χ1v) is 7.35. The van der Waals surface area contributed by atoms with Crippen LogP contribution in [0.1, 0.15) is 48.2 Å². The summed E-state index contributed by atoms with van der Waals surface area (Å²) < 4.78 is 5.80. The highest BCUT2D eigenvalue weighted by Crippen LogP contribution is 2.21. The molecule has 1 unspecified atom stereocenters. The molecular weight excluding hydrogens is 260 g/mol. The van der Waals surface area contributed by atoms with E-state index >= 15 is 0 Å². The molecule has 2 aromatic carbocycles. The monoisotopic (exact) mass is 282 g/mol. The molecule has 0 radical (unpaired) electrons. The normalized spacial score (nSPS) is 12.2. The summed E-state index contributed by atoms with van der Waals surface area (Å²) in [6.07, 6.45) is -0.491. The fourth-order valence-corrected chi connectivity index (χ4v) is 2.16. The highest BCUT2D eigenvalue weighted by Gasteiger charge is 2.17. The summed E-state index contributed by atoms with van der Waals surface area (Å²) in [5.41, 5.74) is 3.04. The Labute approximate surface area is 126 Å². The Morgan fingerprint density at radius 2 is 1.67 bits per heavy atom. The minimum Gasteiger partial charge on any atom is -0.483 e. The molecule has 0 aliphatic heterocycles. The summed E-state index contributed by atoms with van der Waals surface area (Å²) in [6.45, 7) is 8.08. The van der Waals surface area contributed by atoms with Gasteiger partial charge in [-0.25, -0.2) is 0 Å². The van der Waals surface area contributed by atoms with Crippen LogP contribution in [-0.4, -0.2) is 11.9 Å². The quantitative estimate of drug-likeness (QED) is 0.738. The average molecular weight is 282 g/mol. The first-order chi connectivity index (χ1) is 9.97. The smallest absolute Gasteiger partial charge is 0.202 e. The average Bonchev–Trinajstić information content (AvgIpc) is 2.47. The molecule has 2 heteroatoms. The summed E-state index contributed by atoms with van der Waals surface area (Å²) in [5.74, 6) is 1.19. The van der Waals surface area contributed by atoms with Gasteiger partial charge in [-0.1, -0.05) is 55.8 Å². The van der Waals surface area contributed by atoms with Gasteiger partial charge in [0.05, 0.1) is 0 Å². The van der Waals surface area contributed by atoms with E-state index in [-0.39, 0.29) is 5.78 Å². The van der Waals surface area contributed by atoms with Crippen molar-refractivity contribution in [1.82, 2.24) is 0 Å². The fraction of sp³-hybridized carbons (Fsp3) is 0.316. The number of ketones is 1. The molecule has 0 aromatic heterocycles. The zero-order valence-corrected chi connectivity index (χ0v) is 13.1. The minimum absolute atomic E-state index is 0.00458. The number of ether oxygens (including phenoxy) is 1. The van der Waals surface area contributed by atoms with Crippen molar-refractivity contribution in [3.05, 3.63) is 65.2 Å². The van der Waals surface area contributed by atoms with E-state index in [2.05, 4.69) is 19.9 Å². The maximum atomic E-state index is 12.4. The minimum atomic E-state index is -0.491. The first-order valence-electron chi connectivity index (χ1n) is 7.35. The van der Waals surface area contributed by atoms with Crippen molar-refractivity contribution in [3.63, 3.8) is 0 Å². The molecule has 0 spiro atoms. The molecule has 0 bridgehead atoms. The fourth-order valence-electron chi connectivity index (χ4n) is 2.16. The summed E-state index contributed by atoms with van der Waals surface area (Å²) >= 11 is 0. The van der Waals surface area contributed by atoms with Crippen LogP contribution < -0.4 is 4.74 Å². The second-order valence-corrected chi connectivity index (χ2v) is 5.72. The van der Waals surface area contributed by atoms with Crippen LogP contribution in [0.4, 0.5) is 0 Å². The molecule has 0 aliphatic carbocycles. The summed E-state index contributed by atoms with van der Waals surface area (Å²) in [6, 6.07) is 15.5. The van der Waals surface area contributed by atoms with Gasteiger partial charge in [0.1, 0.15) is 5.75 Å². The van der Waals surface area contributed by atoms with Gasteiger partial charge in [0.2, 0.25) is 5.78 Å². The molecular formula is C19H22O2. The Hall–Kier alpha value is -2.09. The van der Waals surface area contributed by atoms with Gasteiger partial charge < -0.3 is 4.74 Å². The topological polar surface area (TPSA) is 26.3 Å². The zero-order valence-electron chi connectivity index (χ0n) is 13.1. The van der Waals surface area contributed by atoms with Crippen LogP contribution in [0.2, 0.25) is 0 Å². The van der Waals surface area contributed by atoms with Crippen molar-refractivity contribution < 1.29 is 9.53 Å². The van der Waals surface area contributed by atoms with Gasteiger partial charge in [-0.3, -0.25) is 4.79 Å². The maximum Gasteiger partial charge on any atom is 0.202 e. The van der Waals surface area contributed by atoms with Crippen molar-refractivity contribution in [3.8, 4) is 5.75 Å². The third kappa shape index (κ3) is 3.94. The maximum absolute atomic E-state index is 12.4. The molecule has 110 valence electrons. The Morgan fingerprint density at radius 3 is 2.29 bits per heavy atom. The second-order valence-electron chi connectivity index (χ2n) is 5.72. The van der Waals surface area contributed by atoms with Crippen LogP contribution in [0.3, 0.4) is 0 Å². The van der Waals surface area contributed by atoms with Gasteiger partial charge in [-0.2, -0.15) is 0 Å². The lowest BCUT2D eigenvalue weighted by Gasteiger charge is -2.15. The summed E-state index contributed by atoms with van der Waals surface area (Å²) in [5, 5.41) is 0. The van der Waals surface area contributed by atoms with E-state index in [1.165, 1.54) is 5.56 Å². The highest BCUT2D eigenvalue weighted by molar-refractivity contribution is 5.99. The Kier molecular flexibility index (Phi) is 4.79. The van der Waals surface area contributed by atoms with Crippen molar-refractivity contribution in [1.29, 1.82) is 0 Å². The lowest BCUT2D eigenvalue weighted by molar-refractivity contribution is 0.0818. The Bertz CT molecular complexity index is 612. The van der Waals surface area contributed by atoms with Crippen LogP contribution >= 0.6 is 0 Å². The Balaban J connectivity index is 2.10. The third-order valence-electron chi connectivity index (χ3n) is 3.54. The lowest BCUT2D eigenvalue weighted by Crippen LogP contribution is -2.23. The van der Waals surface area contributed by atoms with Crippen LogP contribution in [0, 0.1) is 6.92 Å². The molecule has 0 heterocycles. The number of Topliss-reactive ketones (excluding diaryl/α,β-unsaturated/α-hetero) is 1. The van der Waals surface area contributed by atoms with Gasteiger partial charge >= 0.3 is 0 Å². The molecule has 0 fully saturated rings. The van der Waals surface area contributed by atoms with Crippen LogP contribution in [-0.2, 0) is 0 Å². The van der Waals surface area contributed by atoms with Gasteiger partial charge in [-0.15, -0.1) is 0 Å². The molecule has 0 saturated carbocycles. The summed E-state index contributed by atoms with van der Waals surface area (Å²) in [4.78, 5) is 12.4. The van der Waals surface area contributed by atoms with Crippen molar-refractivity contribution in [2.75, 3.05) is 0 Å². The molecule has 2 aromatic rings. The van der Waals surface area contributed by atoms with Crippen LogP contribution in [0.5, 0.6) is 5.75 Å². The van der Waals surface area contributed by atoms with Gasteiger partial charge in [0.25, 0.3) is 0 Å². The van der Waals surface area contributed by atoms with E-state index in [9.17, 15) is 4.79 Å². The number of carbonyl (C=O) groups excluding carboxylic acids is 1. The third-order valence-corrected chi connectivity index (χ3v) is 3.54. The van der Waals surface area contributed by atoms with Gasteiger partial charge in [0.15, 0.2) is 6.10 Å². The molecule has 0 saturated heterocycles. The van der Waals surface area contributed by atoms with E-state index in [0.29, 0.717) is 11.5 Å². The number of hydrogen-bond acceptors (Lipinski definition) is 2. The SMILES string of the molecule is Cc1ccc(C(=O)C(C)Oc2cccc(C(C)C)c2)cc1. The second kappa shape index (κ2) is 6.57. The largest absolute Gasteiger partial charge is 0.483 e. The molecule has 0 amide bonds. The number of benzene rings is 2. The number of hydrogen-bond donors (Lipinski definition) is 0. The number of rotatable bonds is 5. The van der Waals surface area contributed by atoms with Crippen LogP contribution in [0.25, 0.3) is 0 Å². The predicted octanol–water partition coefficient (Wildman–Crippen LogP) is 4.77. The van der Waals surface area contributed by atoms with Crippen molar-refractivity contribution in [2.45, 2.75) is 39.7 Å². The van der Waals surface area contributed by atoms with E-state index in [0.717, 1.165) is 11.3 Å². The van der Waals surface area contributed by atoms with E-state index in [4.69, 9.17) is 4.74 Å². The van der Waals surface area contributed by atoms with Gasteiger partial charge in [0, 0.05) is 5.56 Å². The lowest BCUT2D eigenvalue weighted by atomic mass is 10.0.